The fourth-order valence-corrected chi connectivity index (χ4v) is 1.39. The van der Waals surface area contributed by atoms with Crippen LogP contribution in [0.3, 0.4) is 0 Å². The Hall–Kier alpha value is -1.09. The van der Waals surface area contributed by atoms with E-state index >= 15 is 0 Å². The molecule has 0 saturated carbocycles. The van der Waals surface area contributed by atoms with Crippen LogP contribution in [0.2, 0.25) is 0 Å². The lowest BCUT2D eigenvalue weighted by molar-refractivity contribution is 0.176. The number of hydrogen-bond donors (Lipinski definition) is 0. The van der Waals surface area contributed by atoms with E-state index in [1.165, 1.54) is 4.88 Å². The van der Waals surface area contributed by atoms with E-state index in [9.17, 15) is 0 Å². The molecule has 0 aromatic carbocycles. The van der Waals surface area contributed by atoms with Gasteiger partial charge in [0.15, 0.2) is 0 Å². The summed E-state index contributed by atoms with van der Waals surface area (Å²) in [5.41, 5.74) is 1.11. The van der Waals surface area contributed by atoms with E-state index in [-0.39, 0.29) is 0 Å². The summed E-state index contributed by atoms with van der Waals surface area (Å²) in [5.74, 6) is 0. The van der Waals surface area contributed by atoms with Crippen molar-refractivity contribution in [2.75, 3.05) is 6.61 Å². The molecule has 0 aliphatic rings. The molecular formula is C9H11NOS. The molecule has 64 valence electrons. The maximum absolute atomic E-state index is 4.87. The molecule has 0 unspecified atom stereocenters. The van der Waals surface area contributed by atoms with Crippen molar-refractivity contribution in [1.29, 1.82) is 0 Å². The molecule has 0 aliphatic heterocycles. The van der Waals surface area contributed by atoms with Crippen molar-refractivity contribution >= 4 is 17.6 Å². The first-order chi connectivity index (χ1) is 5.84. The molecule has 1 aromatic heterocycles. The van der Waals surface area contributed by atoms with Crippen molar-refractivity contribution in [2.24, 2.45) is 5.16 Å². The summed E-state index contributed by atoms with van der Waals surface area (Å²) in [4.78, 5) is 6.12. The van der Waals surface area contributed by atoms with Gasteiger partial charge in [-0.2, -0.15) is 0 Å². The third-order valence-corrected chi connectivity index (χ3v) is 2.22. The lowest BCUT2D eigenvalue weighted by Crippen LogP contribution is -1.84. The predicted molar refractivity (Wildman–Crippen MR) is 52.8 cm³/mol. The molecule has 0 atom stereocenters. The van der Waals surface area contributed by atoms with Crippen molar-refractivity contribution < 1.29 is 4.84 Å². The quantitative estimate of drug-likeness (QED) is 0.303. The third-order valence-electron chi connectivity index (χ3n) is 1.36. The average molecular weight is 181 g/mol. The molecule has 0 N–H and O–H groups in total. The Morgan fingerprint density at radius 1 is 1.75 bits per heavy atom. The molecule has 0 amide bonds. The summed E-state index contributed by atoms with van der Waals surface area (Å²) < 4.78 is 0. The first-order valence-corrected chi connectivity index (χ1v) is 4.53. The predicted octanol–water partition coefficient (Wildman–Crippen LogP) is 2.59. The Kier molecular flexibility index (Phi) is 3.54. The lowest BCUT2D eigenvalue weighted by Gasteiger charge is -1.91. The van der Waals surface area contributed by atoms with Gasteiger partial charge in [-0.25, -0.2) is 0 Å². The first kappa shape index (κ1) is 9.00. The topological polar surface area (TPSA) is 21.6 Å². The number of nitrogens with zero attached hydrogens (tertiary/aromatic N) is 1. The Morgan fingerprint density at radius 2 is 2.58 bits per heavy atom. The number of aryl methyl sites for hydroxylation is 1. The second-order valence-corrected chi connectivity index (χ2v) is 3.37. The van der Waals surface area contributed by atoms with E-state index < -0.39 is 0 Å². The minimum atomic E-state index is 0.458. The van der Waals surface area contributed by atoms with Gasteiger partial charge < -0.3 is 4.84 Å². The van der Waals surface area contributed by atoms with E-state index in [0.29, 0.717) is 6.61 Å². The van der Waals surface area contributed by atoms with E-state index in [4.69, 9.17) is 4.84 Å². The monoisotopic (exact) mass is 181 g/mol. The van der Waals surface area contributed by atoms with Crippen LogP contribution in [0.15, 0.2) is 29.3 Å². The molecule has 1 heterocycles. The lowest BCUT2D eigenvalue weighted by atomic mass is 10.3. The Labute approximate surface area is 76.2 Å². The molecule has 12 heavy (non-hydrogen) atoms. The highest BCUT2D eigenvalue weighted by Gasteiger charge is 1.93. The van der Waals surface area contributed by atoms with Gasteiger partial charge in [0, 0.05) is 10.4 Å². The van der Waals surface area contributed by atoms with Gasteiger partial charge in [-0.05, 0) is 18.4 Å². The highest BCUT2D eigenvalue weighted by molar-refractivity contribution is 7.10. The maximum atomic E-state index is 4.87. The van der Waals surface area contributed by atoms with E-state index in [1.807, 2.05) is 11.4 Å². The van der Waals surface area contributed by atoms with Crippen LogP contribution in [0, 0.1) is 6.92 Å². The Balaban J connectivity index is 2.46. The fourth-order valence-electron chi connectivity index (χ4n) is 0.719. The zero-order valence-electron chi connectivity index (χ0n) is 6.99. The van der Waals surface area contributed by atoms with Gasteiger partial charge in [0.2, 0.25) is 0 Å². The zero-order valence-corrected chi connectivity index (χ0v) is 7.80. The second-order valence-electron chi connectivity index (χ2n) is 2.25. The first-order valence-electron chi connectivity index (χ1n) is 3.65. The van der Waals surface area contributed by atoms with Crippen LogP contribution in [-0.2, 0) is 4.84 Å². The normalized spacial score (nSPS) is 10.4. The van der Waals surface area contributed by atoms with E-state index in [1.54, 1.807) is 23.6 Å². The van der Waals surface area contributed by atoms with Gasteiger partial charge >= 0.3 is 0 Å². The van der Waals surface area contributed by atoms with Crippen molar-refractivity contribution in [3.05, 3.63) is 34.5 Å². The summed E-state index contributed by atoms with van der Waals surface area (Å²) in [6.07, 6.45) is 3.38. The molecule has 0 bridgehead atoms. The van der Waals surface area contributed by atoms with E-state index in [0.717, 1.165) is 5.56 Å². The summed E-state index contributed by atoms with van der Waals surface area (Å²) in [6, 6.07) is 2.01. The molecule has 0 saturated heterocycles. The molecule has 1 aromatic rings. The molecular weight excluding hydrogens is 170 g/mol. The highest BCUT2D eigenvalue weighted by Crippen LogP contribution is 2.12. The minimum absolute atomic E-state index is 0.458. The summed E-state index contributed by atoms with van der Waals surface area (Å²) >= 11 is 1.70. The van der Waals surface area contributed by atoms with Crippen LogP contribution in [-0.4, -0.2) is 12.8 Å². The molecule has 2 nitrogen and oxygen atoms in total. The largest absolute Gasteiger partial charge is 0.392 e. The minimum Gasteiger partial charge on any atom is -0.392 e. The van der Waals surface area contributed by atoms with Gasteiger partial charge in [-0.1, -0.05) is 17.8 Å². The van der Waals surface area contributed by atoms with Crippen molar-refractivity contribution in [3.63, 3.8) is 0 Å². The summed E-state index contributed by atoms with van der Waals surface area (Å²) in [7, 11) is 0. The van der Waals surface area contributed by atoms with Crippen molar-refractivity contribution in [2.45, 2.75) is 6.92 Å². The van der Waals surface area contributed by atoms with Crippen LogP contribution in [0.4, 0.5) is 0 Å². The van der Waals surface area contributed by atoms with Crippen LogP contribution in [0.5, 0.6) is 0 Å². The average Bonchev–Trinajstić information content (AvgIpc) is 2.46. The SMILES string of the molecule is C=CCO/N=C/c1ccsc1C. The molecule has 0 radical (unpaired) electrons. The summed E-state index contributed by atoms with van der Waals surface area (Å²) in [5, 5.41) is 5.81. The molecule has 0 spiro atoms. The Bertz CT molecular complexity index is 278. The second kappa shape index (κ2) is 4.72. The molecule has 0 aliphatic carbocycles. The van der Waals surface area contributed by atoms with Gasteiger partial charge in [0.05, 0.1) is 6.21 Å². The van der Waals surface area contributed by atoms with Crippen molar-refractivity contribution in [3.8, 4) is 0 Å². The third kappa shape index (κ3) is 2.51. The number of oxime groups is 1. The maximum Gasteiger partial charge on any atom is 0.135 e. The molecule has 0 fully saturated rings. The van der Waals surface area contributed by atoms with Crippen LogP contribution in [0.25, 0.3) is 0 Å². The van der Waals surface area contributed by atoms with Crippen LogP contribution in [0.1, 0.15) is 10.4 Å². The van der Waals surface area contributed by atoms with Gasteiger partial charge in [0.25, 0.3) is 0 Å². The fraction of sp³-hybridized carbons (Fsp3) is 0.222. The van der Waals surface area contributed by atoms with Gasteiger partial charge in [0.1, 0.15) is 6.61 Å². The van der Waals surface area contributed by atoms with Crippen LogP contribution >= 0.6 is 11.3 Å². The van der Waals surface area contributed by atoms with E-state index in [2.05, 4.69) is 18.7 Å². The number of hydrogen-bond acceptors (Lipinski definition) is 3. The summed E-state index contributed by atoms with van der Waals surface area (Å²) in [6.45, 7) is 6.03. The number of thiophene rings is 1. The standard InChI is InChI=1S/C9H11NOS/c1-3-5-11-10-7-9-4-6-12-8(9)2/h3-4,6-7H,1,5H2,2H3/b10-7+. The smallest absolute Gasteiger partial charge is 0.135 e. The van der Waals surface area contributed by atoms with Crippen LogP contribution < -0.4 is 0 Å². The molecule has 1 rings (SSSR count). The van der Waals surface area contributed by atoms with Gasteiger partial charge in [-0.15, -0.1) is 11.3 Å². The zero-order chi connectivity index (χ0) is 8.81. The van der Waals surface area contributed by atoms with Crippen molar-refractivity contribution in [1.82, 2.24) is 0 Å². The number of rotatable bonds is 4. The molecule has 3 heteroatoms. The van der Waals surface area contributed by atoms with Gasteiger partial charge in [-0.3, -0.25) is 0 Å². The Morgan fingerprint density at radius 3 is 3.17 bits per heavy atom. The highest BCUT2D eigenvalue weighted by atomic mass is 32.1.